The Morgan fingerprint density at radius 2 is 1.90 bits per heavy atom. The van der Waals surface area contributed by atoms with Crippen LogP contribution in [-0.2, 0) is 17.6 Å². The summed E-state index contributed by atoms with van der Waals surface area (Å²) in [6.45, 7) is 3.49. The van der Waals surface area contributed by atoms with Crippen LogP contribution in [0.3, 0.4) is 0 Å². The number of carbonyl (C=O) groups is 2. The lowest BCUT2D eigenvalue weighted by molar-refractivity contribution is -0.173. The second-order valence-corrected chi connectivity index (χ2v) is 11.0. The molecule has 39 heavy (non-hydrogen) atoms. The van der Waals surface area contributed by atoms with Crippen molar-refractivity contribution in [1.82, 2.24) is 9.78 Å². The molecule has 1 aliphatic carbocycles. The predicted molar refractivity (Wildman–Crippen MR) is 141 cm³/mol. The molecule has 1 aromatic carbocycles. The van der Waals surface area contributed by atoms with Crippen LogP contribution in [0.1, 0.15) is 81.9 Å². The number of nitrogens with one attached hydrogen (secondary N) is 2. The van der Waals surface area contributed by atoms with E-state index in [-0.39, 0.29) is 23.9 Å². The number of fused-ring (bicyclic) bond motifs is 2. The minimum Gasteiger partial charge on any atom is -0.497 e. The van der Waals surface area contributed by atoms with E-state index in [1.807, 2.05) is 0 Å². The van der Waals surface area contributed by atoms with E-state index in [1.54, 1.807) is 38.1 Å². The van der Waals surface area contributed by atoms with E-state index in [0.29, 0.717) is 28.3 Å². The smallest absolute Gasteiger partial charge is 0.410 e. The van der Waals surface area contributed by atoms with Crippen molar-refractivity contribution in [2.75, 3.05) is 17.7 Å². The van der Waals surface area contributed by atoms with Gasteiger partial charge in [0.25, 0.3) is 5.91 Å². The molecule has 0 fully saturated rings. The van der Waals surface area contributed by atoms with Gasteiger partial charge in [-0.3, -0.25) is 4.79 Å². The minimum absolute atomic E-state index is 0.0329. The monoisotopic (exact) mass is 562 g/mol. The third kappa shape index (κ3) is 5.34. The topological polar surface area (TPSA) is 94.5 Å². The standard InChI is InChI=1S/C27H29F3N4O4S/c1-14(2)38-26(36)22-17-6-4-5-7-20(17)39-25(22)33-24(35)18-13-31-34-21(27(28,29)30)12-19(32-23(18)34)15-8-10-16(37-3)11-9-15/h8-11,13-14,19,21,32H,4-7,12H2,1-3H3,(H,33,35)/t19-,21-/m1/s1. The van der Waals surface area contributed by atoms with Gasteiger partial charge in [-0.25, -0.2) is 9.48 Å². The number of carbonyl (C=O) groups excluding carboxylic acids is 2. The van der Waals surface area contributed by atoms with Gasteiger partial charge in [0.2, 0.25) is 0 Å². The normalized spacial score (nSPS) is 18.6. The molecule has 3 heterocycles. The number of anilines is 2. The molecular formula is C27H29F3N4O4S. The quantitative estimate of drug-likeness (QED) is 0.342. The van der Waals surface area contributed by atoms with Crippen LogP contribution in [0.5, 0.6) is 5.75 Å². The number of aryl methyl sites for hydroxylation is 1. The highest BCUT2D eigenvalue weighted by molar-refractivity contribution is 7.17. The average molecular weight is 563 g/mol. The number of nitrogens with zero attached hydrogens (tertiary/aromatic N) is 2. The zero-order valence-electron chi connectivity index (χ0n) is 21.7. The molecule has 1 amide bonds. The summed E-state index contributed by atoms with van der Waals surface area (Å²) in [5.41, 5.74) is 1.78. The first kappa shape index (κ1) is 27.0. The number of hydrogen-bond acceptors (Lipinski definition) is 7. The molecule has 3 aromatic rings. The van der Waals surface area contributed by atoms with Crippen LogP contribution in [0, 0.1) is 0 Å². The van der Waals surface area contributed by atoms with Gasteiger partial charge in [-0.05, 0) is 62.8 Å². The Morgan fingerprint density at radius 3 is 2.56 bits per heavy atom. The molecule has 0 saturated carbocycles. The Bertz CT molecular complexity index is 1380. The average Bonchev–Trinajstić information content (AvgIpc) is 3.48. The zero-order valence-corrected chi connectivity index (χ0v) is 22.5. The number of halogens is 3. The maximum absolute atomic E-state index is 14.1. The lowest BCUT2D eigenvalue weighted by Crippen LogP contribution is -2.36. The van der Waals surface area contributed by atoms with Crippen molar-refractivity contribution in [2.45, 2.75) is 70.3 Å². The fourth-order valence-electron chi connectivity index (χ4n) is 5.10. The van der Waals surface area contributed by atoms with Crippen molar-refractivity contribution in [3.05, 3.63) is 57.6 Å². The Labute approximate surface area is 227 Å². The van der Waals surface area contributed by atoms with E-state index in [9.17, 15) is 22.8 Å². The molecule has 0 unspecified atom stereocenters. The molecule has 2 atom stereocenters. The molecule has 0 bridgehead atoms. The first-order valence-corrected chi connectivity index (χ1v) is 13.6. The number of hydrogen-bond donors (Lipinski definition) is 2. The van der Waals surface area contributed by atoms with Gasteiger partial charge in [0.15, 0.2) is 6.04 Å². The van der Waals surface area contributed by atoms with Crippen molar-refractivity contribution >= 4 is 34.0 Å². The van der Waals surface area contributed by atoms with Crippen molar-refractivity contribution in [3.63, 3.8) is 0 Å². The van der Waals surface area contributed by atoms with E-state index in [4.69, 9.17) is 9.47 Å². The molecule has 1 aliphatic heterocycles. The van der Waals surface area contributed by atoms with Crippen molar-refractivity contribution in [3.8, 4) is 5.75 Å². The molecular weight excluding hydrogens is 533 g/mol. The largest absolute Gasteiger partial charge is 0.497 e. The zero-order chi connectivity index (χ0) is 27.9. The summed E-state index contributed by atoms with van der Waals surface area (Å²) >= 11 is 1.31. The number of thiophene rings is 1. The van der Waals surface area contributed by atoms with Gasteiger partial charge < -0.3 is 20.1 Å². The number of benzene rings is 1. The van der Waals surface area contributed by atoms with Crippen LogP contribution in [0.25, 0.3) is 0 Å². The maximum Gasteiger partial charge on any atom is 0.410 e. The molecule has 0 radical (unpaired) electrons. The van der Waals surface area contributed by atoms with Crippen LogP contribution < -0.4 is 15.4 Å². The molecule has 8 nitrogen and oxygen atoms in total. The highest BCUT2D eigenvalue weighted by Gasteiger charge is 2.47. The summed E-state index contributed by atoms with van der Waals surface area (Å²) in [5, 5.41) is 10.2. The highest BCUT2D eigenvalue weighted by Crippen LogP contribution is 2.45. The first-order chi connectivity index (χ1) is 18.6. The highest BCUT2D eigenvalue weighted by atomic mass is 32.1. The summed E-state index contributed by atoms with van der Waals surface area (Å²) in [6.07, 6.45) is -0.702. The fourth-order valence-corrected chi connectivity index (χ4v) is 6.37. The van der Waals surface area contributed by atoms with Gasteiger partial charge in [-0.1, -0.05) is 12.1 Å². The van der Waals surface area contributed by atoms with Gasteiger partial charge in [0, 0.05) is 11.3 Å². The number of ether oxygens (including phenoxy) is 2. The van der Waals surface area contributed by atoms with E-state index >= 15 is 0 Å². The molecule has 0 saturated heterocycles. The summed E-state index contributed by atoms with van der Waals surface area (Å²) in [6, 6.07) is 4.10. The third-order valence-corrected chi connectivity index (χ3v) is 8.15. The van der Waals surface area contributed by atoms with E-state index in [1.165, 1.54) is 18.4 Å². The molecule has 208 valence electrons. The lowest BCUT2D eigenvalue weighted by atomic mass is 9.95. The van der Waals surface area contributed by atoms with Crippen molar-refractivity contribution in [2.24, 2.45) is 0 Å². The fraction of sp³-hybridized carbons (Fsp3) is 0.444. The molecule has 2 aliphatic rings. The van der Waals surface area contributed by atoms with Gasteiger partial charge in [0.1, 0.15) is 22.1 Å². The predicted octanol–water partition coefficient (Wildman–Crippen LogP) is 6.31. The summed E-state index contributed by atoms with van der Waals surface area (Å²) in [4.78, 5) is 27.5. The summed E-state index contributed by atoms with van der Waals surface area (Å²) < 4.78 is 53.7. The second kappa shape index (κ2) is 10.6. The van der Waals surface area contributed by atoms with Crippen LogP contribution in [0.15, 0.2) is 30.5 Å². The minimum atomic E-state index is -4.58. The SMILES string of the molecule is COc1ccc([C@H]2C[C@H](C(F)(F)F)n3ncc(C(=O)Nc4sc5c(c4C(=O)OC(C)C)CCCC5)c3N2)cc1. The number of methoxy groups -OCH3 is 1. The van der Waals surface area contributed by atoms with E-state index in [0.717, 1.165) is 40.6 Å². The van der Waals surface area contributed by atoms with Crippen molar-refractivity contribution in [1.29, 1.82) is 0 Å². The Morgan fingerprint density at radius 1 is 1.18 bits per heavy atom. The summed E-state index contributed by atoms with van der Waals surface area (Å²) in [5.74, 6) is -0.629. The van der Waals surface area contributed by atoms with E-state index < -0.39 is 30.1 Å². The lowest BCUT2D eigenvalue weighted by Gasteiger charge is -2.34. The molecule has 0 spiro atoms. The third-order valence-electron chi connectivity index (χ3n) is 6.95. The Hall–Kier alpha value is -3.54. The molecule has 12 heteroatoms. The van der Waals surface area contributed by atoms with Crippen LogP contribution in [-0.4, -0.2) is 41.0 Å². The summed E-state index contributed by atoms with van der Waals surface area (Å²) in [7, 11) is 1.51. The van der Waals surface area contributed by atoms with Gasteiger partial charge in [-0.15, -0.1) is 11.3 Å². The van der Waals surface area contributed by atoms with Crippen LogP contribution >= 0.6 is 11.3 Å². The molecule has 5 rings (SSSR count). The number of alkyl halides is 3. The number of rotatable bonds is 6. The Balaban J connectivity index is 1.48. The van der Waals surface area contributed by atoms with Gasteiger partial charge in [0.05, 0.1) is 31.0 Å². The Kier molecular flexibility index (Phi) is 7.32. The molecule has 2 aromatic heterocycles. The molecule has 2 N–H and O–H groups in total. The second-order valence-electron chi connectivity index (χ2n) is 9.94. The number of amides is 1. The number of esters is 1. The number of aromatic nitrogens is 2. The van der Waals surface area contributed by atoms with Crippen LogP contribution in [0.4, 0.5) is 24.0 Å². The van der Waals surface area contributed by atoms with Gasteiger partial charge in [-0.2, -0.15) is 18.3 Å². The van der Waals surface area contributed by atoms with Crippen LogP contribution in [0.2, 0.25) is 0 Å². The van der Waals surface area contributed by atoms with Crippen molar-refractivity contribution < 1.29 is 32.2 Å². The maximum atomic E-state index is 14.1. The van der Waals surface area contributed by atoms with E-state index in [2.05, 4.69) is 15.7 Å². The van der Waals surface area contributed by atoms with Gasteiger partial charge >= 0.3 is 12.1 Å². The first-order valence-electron chi connectivity index (χ1n) is 12.8.